The SMILES string of the molecule is Cc1cccc2c(C(=O)NC3CN4C(N)=N[C@@H](CN5C(=O)CCC5=O)C5N=C(N)NC54C3(O)O)cccc12. The first kappa shape index (κ1) is 24.1. The molecule has 2 aromatic rings. The molecule has 13 heteroatoms. The number of likely N-dealkylation sites (tertiary alicyclic amines) is 1. The Balaban J connectivity index is 1.34. The van der Waals surface area contributed by atoms with Crippen LogP contribution in [0.25, 0.3) is 10.8 Å². The van der Waals surface area contributed by atoms with Crippen molar-refractivity contribution in [2.75, 3.05) is 13.1 Å². The van der Waals surface area contributed by atoms with Crippen molar-refractivity contribution in [3.05, 3.63) is 47.5 Å². The minimum Gasteiger partial charge on any atom is -0.370 e. The number of fused-ring (bicyclic) bond motifs is 1. The summed E-state index contributed by atoms with van der Waals surface area (Å²) in [5, 5.41) is 30.5. The number of carbonyl (C=O) groups excluding carboxylic acids is 3. The van der Waals surface area contributed by atoms with E-state index in [0.717, 1.165) is 21.2 Å². The third-order valence-corrected chi connectivity index (χ3v) is 8.02. The van der Waals surface area contributed by atoms with Crippen molar-refractivity contribution in [1.82, 2.24) is 20.4 Å². The predicted molar refractivity (Wildman–Crippen MR) is 136 cm³/mol. The van der Waals surface area contributed by atoms with Crippen LogP contribution in [0.1, 0.15) is 28.8 Å². The molecule has 4 aliphatic heterocycles. The summed E-state index contributed by atoms with van der Waals surface area (Å²) in [4.78, 5) is 49.3. The number of benzene rings is 2. The molecule has 0 aromatic heterocycles. The molecule has 2 saturated heterocycles. The second kappa shape index (κ2) is 8.13. The third-order valence-electron chi connectivity index (χ3n) is 8.02. The number of nitrogens with zero attached hydrogens (tertiary/aromatic N) is 4. The number of imide groups is 1. The van der Waals surface area contributed by atoms with E-state index in [1.54, 1.807) is 12.1 Å². The highest BCUT2D eigenvalue weighted by Crippen LogP contribution is 2.45. The van der Waals surface area contributed by atoms with Crippen LogP contribution in [0.15, 0.2) is 46.4 Å². The standard InChI is InChI=1S/C25H28N8O5/c1-12-4-2-6-14-13(12)5-3-7-15(14)21(36)29-17-11-33-23(27)28-16(10-32-18(34)8-9-19(32)35)20-24(33,25(17,37)38)31-22(26)30-20/h2-7,16-17,20,37-38H,8-11H2,1H3,(H2,27,28)(H,29,36)(H3,26,30,31)/t16-,17?,20?,24?/m0/s1. The van der Waals surface area contributed by atoms with Gasteiger partial charge < -0.3 is 37.2 Å². The van der Waals surface area contributed by atoms with Crippen LogP contribution < -0.4 is 22.1 Å². The third kappa shape index (κ3) is 3.21. The van der Waals surface area contributed by atoms with Crippen LogP contribution in [-0.4, -0.2) is 92.3 Å². The van der Waals surface area contributed by atoms with Gasteiger partial charge in [0.2, 0.25) is 17.6 Å². The highest BCUT2D eigenvalue weighted by molar-refractivity contribution is 6.08. The highest BCUT2D eigenvalue weighted by Gasteiger charge is 2.73. The van der Waals surface area contributed by atoms with Crippen molar-refractivity contribution < 1.29 is 24.6 Å². The lowest BCUT2D eigenvalue weighted by molar-refractivity contribution is -0.230. The van der Waals surface area contributed by atoms with Crippen LogP contribution in [0.3, 0.4) is 0 Å². The summed E-state index contributed by atoms with van der Waals surface area (Å²) in [7, 11) is 0. The number of hydrogen-bond acceptors (Lipinski definition) is 11. The first-order chi connectivity index (χ1) is 18.0. The minimum atomic E-state index is -2.63. The molecule has 0 aliphatic carbocycles. The van der Waals surface area contributed by atoms with Gasteiger partial charge in [-0.25, -0.2) is 9.98 Å². The lowest BCUT2D eigenvalue weighted by Crippen LogP contribution is -2.78. The molecule has 38 heavy (non-hydrogen) atoms. The summed E-state index contributed by atoms with van der Waals surface area (Å²) >= 11 is 0. The quantitative estimate of drug-likeness (QED) is 0.196. The Bertz CT molecular complexity index is 1440. The van der Waals surface area contributed by atoms with E-state index in [4.69, 9.17) is 11.5 Å². The van der Waals surface area contributed by atoms with E-state index in [1.807, 2.05) is 31.2 Å². The zero-order chi connectivity index (χ0) is 27.0. The largest absolute Gasteiger partial charge is 0.370 e. The fourth-order valence-electron chi connectivity index (χ4n) is 6.15. The molecular formula is C25H28N8O5. The monoisotopic (exact) mass is 520 g/mol. The second-order valence-electron chi connectivity index (χ2n) is 10.1. The van der Waals surface area contributed by atoms with Gasteiger partial charge in [-0.1, -0.05) is 30.3 Å². The average Bonchev–Trinajstić information content (AvgIpc) is 3.47. The van der Waals surface area contributed by atoms with Crippen molar-refractivity contribution in [1.29, 1.82) is 0 Å². The summed E-state index contributed by atoms with van der Waals surface area (Å²) in [5.74, 6) is -3.96. The second-order valence-corrected chi connectivity index (χ2v) is 10.1. The van der Waals surface area contributed by atoms with Crippen molar-refractivity contribution in [2.45, 2.75) is 49.3 Å². The maximum atomic E-state index is 13.5. The Labute approximate surface area is 217 Å². The topological polar surface area (TPSA) is 199 Å². The Morgan fingerprint density at radius 3 is 2.53 bits per heavy atom. The number of hydrogen-bond donors (Lipinski definition) is 6. The molecule has 2 fully saturated rings. The van der Waals surface area contributed by atoms with E-state index in [2.05, 4.69) is 20.6 Å². The van der Waals surface area contributed by atoms with E-state index in [9.17, 15) is 24.6 Å². The molecule has 4 aliphatic rings. The lowest BCUT2D eigenvalue weighted by Gasteiger charge is -2.49. The molecule has 2 aromatic carbocycles. The van der Waals surface area contributed by atoms with Crippen LogP contribution in [-0.2, 0) is 9.59 Å². The first-order valence-corrected chi connectivity index (χ1v) is 12.3. The molecule has 4 heterocycles. The number of aryl methyl sites for hydroxylation is 1. The molecule has 8 N–H and O–H groups in total. The molecule has 0 saturated carbocycles. The van der Waals surface area contributed by atoms with Crippen molar-refractivity contribution in [3.8, 4) is 0 Å². The summed E-state index contributed by atoms with van der Waals surface area (Å²) in [6, 6.07) is 7.85. The van der Waals surface area contributed by atoms with E-state index in [0.29, 0.717) is 5.56 Å². The van der Waals surface area contributed by atoms with Crippen LogP contribution in [0, 0.1) is 6.92 Å². The fraction of sp³-hybridized carbons (Fsp3) is 0.400. The van der Waals surface area contributed by atoms with Gasteiger partial charge in [0.25, 0.3) is 5.91 Å². The van der Waals surface area contributed by atoms with Gasteiger partial charge in [-0.15, -0.1) is 0 Å². The number of guanidine groups is 2. The normalized spacial score (nSPS) is 29.6. The van der Waals surface area contributed by atoms with E-state index >= 15 is 0 Å². The Hall–Kier alpha value is -4.23. The predicted octanol–water partition coefficient (Wildman–Crippen LogP) is -1.93. The van der Waals surface area contributed by atoms with Crippen LogP contribution >= 0.6 is 0 Å². The Morgan fingerprint density at radius 1 is 1.11 bits per heavy atom. The Morgan fingerprint density at radius 2 is 1.79 bits per heavy atom. The van der Waals surface area contributed by atoms with Gasteiger partial charge in [0.1, 0.15) is 12.1 Å². The maximum absolute atomic E-state index is 13.5. The van der Waals surface area contributed by atoms with Crippen LogP contribution in [0.2, 0.25) is 0 Å². The van der Waals surface area contributed by atoms with Gasteiger partial charge in [0.15, 0.2) is 17.6 Å². The van der Waals surface area contributed by atoms with E-state index in [1.165, 1.54) is 4.90 Å². The van der Waals surface area contributed by atoms with Crippen LogP contribution in [0.4, 0.5) is 0 Å². The number of nitrogens with two attached hydrogens (primary N) is 2. The van der Waals surface area contributed by atoms with Gasteiger partial charge in [-0.2, -0.15) is 0 Å². The van der Waals surface area contributed by atoms with Gasteiger partial charge in [-0.3, -0.25) is 19.3 Å². The zero-order valence-corrected chi connectivity index (χ0v) is 20.6. The van der Waals surface area contributed by atoms with Crippen LogP contribution in [0.5, 0.6) is 0 Å². The number of aliphatic hydroxyl groups is 2. The van der Waals surface area contributed by atoms with Gasteiger partial charge in [0, 0.05) is 24.9 Å². The van der Waals surface area contributed by atoms with Crippen molar-refractivity contribution in [2.24, 2.45) is 21.5 Å². The van der Waals surface area contributed by atoms with Gasteiger partial charge in [-0.05, 0) is 29.3 Å². The summed E-state index contributed by atoms with van der Waals surface area (Å²) in [6.07, 6.45) is 0.199. The van der Waals surface area contributed by atoms with Gasteiger partial charge >= 0.3 is 0 Å². The molecule has 0 bridgehead atoms. The molecule has 6 rings (SSSR count). The smallest absolute Gasteiger partial charge is 0.252 e. The van der Waals surface area contributed by atoms with Gasteiger partial charge in [0.05, 0.1) is 12.6 Å². The van der Waals surface area contributed by atoms with Crippen molar-refractivity contribution in [3.63, 3.8) is 0 Å². The molecule has 3 amide bonds. The van der Waals surface area contributed by atoms with Crippen molar-refractivity contribution >= 4 is 40.4 Å². The number of carbonyl (C=O) groups is 3. The van der Waals surface area contributed by atoms with E-state index in [-0.39, 0.29) is 49.7 Å². The number of rotatable bonds is 4. The molecule has 13 nitrogen and oxygen atoms in total. The highest BCUT2D eigenvalue weighted by atomic mass is 16.5. The minimum absolute atomic E-state index is 0.0623. The molecule has 198 valence electrons. The number of amides is 3. The molecule has 4 atom stereocenters. The first-order valence-electron chi connectivity index (χ1n) is 12.3. The summed E-state index contributed by atoms with van der Waals surface area (Å²) < 4.78 is 0. The maximum Gasteiger partial charge on any atom is 0.252 e. The fourth-order valence-corrected chi connectivity index (χ4v) is 6.15. The average molecular weight is 521 g/mol. The Kier molecular flexibility index (Phi) is 5.16. The molecule has 0 radical (unpaired) electrons. The lowest BCUT2D eigenvalue weighted by atomic mass is 9.84. The van der Waals surface area contributed by atoms with E-state index < -0.39 is 35.5 Å². The number of aliphatic imine (C=N–C) groups is 2. The molecule has 1 spiro atoms. The molecule has 3 unspecified atom stereocenters. The zero-order valence-electron chi connectivity index (χ0n) is 20.6. The summed E-state index contributed by atoms with van der Waals surface area (Å²) in [5.41, 5.74) is 11.9. The molecular weight excluding hydrogens is 492 g/mol. The summed E-state index contributed by atoms with van der Waals surface area (Å²) in [6.45, 7) is 1.70. The number of nitrogens with one attached hydrogen (secondary N) is 2.